The number of carbonyl (C=O) groups is 2. The monoisotopic (exact) mass is 344 g/mol. The van der Waals surface area contributed by atoms with Crippen LogP contribution in [0.2, 0.25) is 5.02 Å². The molecule has 2 rings (SSSR count). The zero-order valence-corrected chi connectivity index (χ0v) is 12.6. The van der Waals surface area contributed by atoms with Crippen molar-refractivity contribution < 1.29 is 9.59 Å². The number of hydrogen-bond acceptors (Lipinski definition) is 2. The summed E-state index contributed by atoms with van der Waals surface area (Å²) in [6.45, 7) is 1.58. The van der Waals surface area contributed by atoms with Crippen molar-refractivity contribution in [3.63, 3.8) is 0 Å². The quantitative estimate of drug-likeness (QED) is 0.915. The van der Waals surface area contributed by atoms with Crippen molar-refractivity contribution >= 4 is 39.3 Å². The van der Waals surface area contributed by atoms with Crippen LogP contribution in [0.1, 0.15) is 23.2 Å². The SMILES string of the molecule is O=C(NCC(=O)N1CCCC1)c1cccc(Br)c1Cl. The second-order valence-electron chi connectivity index (χ2n) is 4.37. The molecule has 0 saturated carbocycles. The predicted octanol–water partition coefficient (Wildman–Crippen LogP) is 2.45. The normalized spacial score (nSPS) is 14.5. The van der Waals surface area contributed by atoms with E-state index in [9.17, 15) is 9.59 Å². The fourth-order valence-electron chi connectivity index (χ4n) is 2.01. The first kappa shape index (κ1) is 14.3. The number of amides is 2. The van der Waals surface area contributed by atoms with Gasteiger partial charge in [-0.25, -0.2) is 0 Å². The standard InChI is InChI=1S/C13H14BrClN2O2/c14-10-5-3-4-9(12(10)15)13(19)16-8-11(18)17-6-1-2-7-17/h3-5H,1-2,6-8H2,(H,16,19). The Morgan fingerprint density at radius 2 is 2.00 bits per heavy atom. The predicted molar refractivity (Wildman–Crippen MR) is 77.3 cm³/mol. The molecule has 1 fully saturated rings. The Balaban J connectivity index is 1.94. The number of rotatable bonds is 3. The van der Waals surface area contributed by atoms with Crippen molar-refractivity contribution in [2.45, 2.75) is 12.8 Å². The lowest BCUT2D eigenvalue weighted by Crippen LogP contribution is -2.38. The van der Waals surface area contributed by atoms with Gasteiger partial charge in [-0.05, 0) is 40.9 Å². The molecule has 0 aliphatic carbocycles. The average Bonchev–Trinajstić information content (AvgIpc) is 2.93. The molecule has 1 aliphatic rings. The maximum absolute atomic E-state index is 11.9. The zero-order valence-electron chi connectivity index (χ0n) is 10.3. The van der Waals surface area contributed by atoms with E-state index in [0.717, 1.165) is 25.9 Å². The maximum atomic E-state index is 11.9. The molecule has 0 aromatic heterocycles. The molecule has 2 amide bonds. The van der Waals surface area contributed by atoms with E-state index < -0.39 is 0 Å². The number of benzene rings is 1. The molecule has 1 aromatic carbocycles. The summed E-state index contributed by atoms with van der Waals surface area (Å²) in [4.78, 5) is 25.5. The van der Waals surface area contributed by atoms with Gasteiger partial charge in [-0.3, -0.25) is 9.59 Å². The third-order valence-electron chi connectivity index (χ3n) is 3.06. The molecule has 4 nitrogen and oxygen atoms in total. The minimum atomic E-state index is -0.334. The molecule has 0 bridgehead atoms. The summed E-state index contributed by atoms with van der Waals surface area (Å²) in [5, 5.41) is 2.96. The van der Waals surface area contributed by atoms with E-state index >= 15 is 0 Å². The molecule has 0 spiro atoms. The Morgan fingerprint density at radius 1 is 1.32 bits per heavy atom. The van der Waals surface area contributed by atoms with Gasteiger partial charge in [-0.15, -0.1) is 0 Å². The van der Waals surface area contributed by atoms with Gasteiger partial charge < -0.3 is 10.2 Å². The van der Waals surface area contributed by atoms with Gasteiger partial charge in [0.25, 0.3) is 5.91 Å². The number of nitrogens with zero attached hydrogens (tertiary/aromatic N) is 1. The molecule has 0 unspecified atom stereocenters. The Labute approximate surface area is 125 Å². The van der Waals surface area contributed by atoms with Crippen molar-refractivity contribution in [2.75, 3.05) is 19.6 Å². The van der Waals surface area contributed by atoms with Crippen molar-refractivity contribution in [2.24, 2.45) is 0 Å². The third kappa shape index (κ3) is 3.48. The fourth-order valence-corrected chi connectivity index (χ4v) is 2.59. The smallest absolute Gasteiger partial charge is 0.253 e. The molecular weight excluding hydrogens is 332 g/mol. The lowest BCUT2D eigenvalue weighted by Gasteiger charge is -2.15. The number of hydrogen-bond donors (Lipinski definition) is 1. The van der Waals surface area contributed by atoms with Gasteiger partial charge >= 0.3 is 0 Å². The maximum Gasteiger partial charge on any atom is 0.253 e. The van der Waals surface area contributed by atoms with Crippen molar-refractivity contribution in [1.82, 2.24) is 10.2 Å². The first-order valence-corrected chi connectivity index (χ1v) is 7.26. The second kappa shape index (κ2) is 6.39. The third-order valence-corrected chi connectivity index (χ3v) is 4.35. The number of likely N-dealkylation sites (tertiary alicyclic amines) is 1. The number of carbonyl (C=O) groups excluding carboxylic acids is 2. The van der Waals surface area contributed by atoms with Crippen LogP contribution in [-0.4, -0.2) is 36.3 Å². The highest BCUT2D eigenvalue weighted by Crippen LogP contribution is 2.25. The van der Waals surface area contributed by atoms with Gasteiger partial charge in [0.05, 0.1) is 17.1 Å². The molecule has 1 aromatic rings. The molecule has 6 heteroatoms. The van der Waals surface area contributed by atoms with E-state index in [4.69, 9.17) is 11.6 Å². The van der Waals surface area contributed by atoms with Crippen LogP contribution >= 0.6 is 27.5 Å². The molecule has 19 heavy (non-hydrogen) atoms. The van der Waals surface area contributed by atoms with Gasteiger partial charge in [0.1, 0.15) is 0 Å². The molecule has 1 N–H and O–H groups in total. The van der Waals surface area contributed by atoms with Gasteiger partial charge in [-0.2, -0.15) is 0 Å². The highest BCUT2D eigenvalue weighted by Gasteiger charge is 2.19. The van der Waals surface area contributed by atoms with Crippen LogP contribution < -0.4 is 5.32 Å². The summed E-state index contributed by atoms with van der Waals surface area (Å²) in [6, 6.07) is 5.12. The Morgan fingerprint density at radius 3 is 2.68 bits per heavy atom. The summed E-state index contributed by atoms with van der Waals surface area (Å²) in [7, 11) is 0. The molecule has 0 radical (unpaired) electrons. The van der Waals surface area contributed by atoms with Crippen LogP contribution in [0.3, 0.4) is 0 Å². The minimum Gasteiger partial charge on any atom is -0.343 e. The topological polar surface area (TPSA) is 49.4 Å². The van der Waals surface area contributed by atoms with E-state index in [2.05, 4.69) is 21.2 Å². The average molecular weight is 346 g/mol. The molecule has 102 valence electrons. The molecule has 0 atom stereocenters. The Bertz CT molecular complexity index is 501. The van der Waals surface area contributed by atoms with Crippen LogP contribution in [0.15, 0.2) is 22.7 Å². The lowest BCUT2D eigenvalue weighted by molar-refractivity contribution is -0.129. The van der Waals surface area contributed by atoms with Crippen molar-refractivity contribution in [3.8, 4) is 0 Å². The first-order valence-electron chi connectivity index (χ1n) is 6.09. The summed E-state index contributed by atoms with van der Waals surface area (Å²) in [5.41, 5.74) is 0.366. The van der Waals surface area contributed by atoms with Crippen LogP contribution in [0.25, 0.3) is 0 Å². The van der Waals surface area contributed by atoms with Crippen LogP contribution in [0.4, 0.5) is 0 Å². The van der Waals surface area contributed by atoms with Crippen LogP contribution in [-0.2, 0) is 4.79 Å². The minimum absolute atomic E-state index is 0.0156. The summed E-state index contributed by atoms with van der Waals surface area (Å²) in [5.74, 6) is -0.379. The van der Waals surface area contributed by atoms with Gasteiger partial charge in [0, 0.05) is 17.6 Å². The van der Waals surface area contributed by atoms with Crippen molar-refractivity contribution in [3.05, 3.63) is 33.3 Å². The van der Waals surface area contributed by atoms with E-state index in [-0.39, 0.29) is 18.4 Å². The van der Waals surface area contributed by atoms with Gasteiger partial charge in [-0.1, -0.05) is 17.7 Å². The highest BCUT2D eigenvalue weighted by molar-refractivity contribution is 9.10. The van der Waals surface area contributed by atoms with E-state index in [1.807, 2.05) is 0 Å². The number of nitrogens with one attached hydrogen (secondary N) is 1. The highest BCUT2D eigenvalue weighted by atomic mass is 79.9. The Hall–Kier alpha value is -1.07. The van der Waals surface area contributed by atoms with Gasteiger partial charge in [0.2, 0.25) is 5.91 Å². The lowest BCUT2D eigenvalue weighted by atomic mass is 10.2. The molecular formula is C13H14BrClN2O2. The van der Waals surface area contributed by atoms with Crippen molar-refractivity contribution in [1.29, 1.82) is 0 Å². The van der Waals surface area contributed by atoms with E-state index in [0.29, 0.717) is 15.1 Å². The summed E-state index contributed by atoms with van der Waals surface area (Å²) < 4.78 is 0.660. The molecule has 1 heterocycles. The molecule has 1 saturated heterocycles. The number of halogens is 2. The Kier molecular flexibility index (Phi) is 4.82. The van der Waals surface area contributed by atoms with E-state index in [1.165, 1.54) is 0 Å². The van der Waals surface area contributed by atoms with E-state index in [1.54, 1.807) is 23.1 Å². The summed E-state index contributed by atoms with van der Waals surface area (Å²) >= 11 is 9.29. The second-order valence-corrected chi connectivity index (χ2v) is 5.60. The van der Waals surface area contributed by atoms with Gasteiger partial charge in [0.15, 0.2) is 0 Å². The van der Waals surface area contributed by atoms with Crippen LogP contribution in [0.5, 0.6) is 0 Å². The summed E-state index contributed by atoms with van der Waals surface area (Å²) in [6.07, 6.45) is 2.08. The first-order chi connectivity index (χ1) is 9.09. The fraction of sp³-hybridized carbons (Fsp3) is 0.385. The largest absolute Gasteiger partial charge is 0.343 e. The van der Waals surface area contributed by atoms with Crippen LogP contribution in [0, 0.1) is 0 Å². The zero-order chi connectivity index (χ0) is 13.8. The molecule has 1 aliphatic heterocycles.